The molecule has 0 aliphatic heterocycles. The highest BCUT2D eigenvalue weighted by Gasteiger charge is 2.08. The molecule has 0 radical (unpaired) electrons. The lowest BCUT2D eigenvalue weighted by molar-refractivity contribution is 0.100. The van der Waals surface area contributed by atoms with E-state index >= 15 is 0 Å². The monoisotopic (exact) mass is 193 g/mol. The van der Waals surface area contributed by atoms with Crippen molar-refractivity contribution in [2.24, 2.45) is 11.5 Å². The van der Waals surface area contributed by atoms with Gasteiger partial charge in [-0.2, -0.15) is 0 Å². The Hall–Kier alpha value is -1.55. The summed E-state index contributed by atoms with van der Waals surface area (Å²) in [6.07, 6.45) is 0. The van der Waals surface area contributed by atoms with Crippen LogP contribution in [-0.4, -0.2) is 18.5 Å². The average molecular weight is 193 g/mol. The fraction of sp³-hybridized carbons (Fsp3) is 0.300. The molecular weight excluding hydrogens is 178 g/mol. The SMILES string of the molecule is CC(CN)Nc1ccccc1C(N)=O. The molecule has 0 spiro atoms. The van der Waals surface area contributed by atoms with Gasteiger partial charge in [-0.25, -0.2) is 0 Å². The van der Waals surface area contributed by atoms with Gasteiger partial charge >= 0.3 is 0 Å². The molecule has 0 bridgehead atoms. The Morgan fingerprint density at radius 3 is 2.71 bits per heavy atom. The molecule has 1 atom stereocenters. The number of nitrogens with two attached hydrogens (primary N) is 2. The normalized spacial score (nSPS) is 12.1. The molecule has 0 saturated carbocycles. The van der Waals surface area contributed by atoms with E-state index in [9.17, 15) is 4.79 Å². The summed E-state index contributed by atoms with van der Waals surface area (Å²) >= 11 is 0. The molecule has 1 aromatic rings. The number of para-hydroxylation sites is 1. The van der Waals surface area contributed by atoms with E-state index in [4.69, 9.17) is 11.5 Å². The highest BCUT2D eigenvalue weighted by molar-refractivity contribution is 5.98. The van der Waals surface area contributed by atoms with E-state index in [1.165, 1.54) is 0 Å². The summed E-state index contributed by atoms with van der Waals surface area (Å²) in [5.41, 5.74) is 11.9. The highest BCUT2D eigenvalue weighted by atomic mass is 16.1. The van der Waals surface area contributed by atoms with E-state index in [-0.39, 0.29) is 6.04 Å². The molecule has 76 valence electrons. The van der Waals surface area contributed by atoms with E-state index < -0.39 is 5.91 Å². The summed E-state index contributed by atoms with van der Waals surface area (Å²) in [6, 6.07) is 7.24. The molecule has 14 heavy (non-hydrogen) atoms. The Morgan fingerprint density at radius 1 is 1.50 bits per heavy atom. The molecule has 0 aliphatic carbocycles. The van der Waals surface area contributed by atoms with Crippen molar-refractivity contribution in [2.45, 2.75) is 13.0 Å². The number of benzene rings is 1. The highest BCUT2D eigenvalue weighted by Crippen LogP contribution is 2.14. The average Bonchev–Trinajstić information content (AvgIpc) is 2.18. The van der Waals surface area contributed by atoms with E-state index in [1.54, 1.807) is 12.1 Å². The topological polar surface area (TPSA) is 81.1 Å². The molecule has 0 heterocycles. The number of nitrogens with one attached hydrogen (secondary N) is 1. The minimum atomic E-state index is -0.433. The number of amides is 1. The molecule has 4 heteroatoms. The summed E-state index contributed by atoms with van der Waals surface area (Å²) in [5.74, 6) is -0.433. The van der Waals surface area contributed by atoms with Crippen molar-refractivity contribution < 1.29 is 4.79 Å². The second-order valence-corrected chi connectivity index (χ2v) is 3.19. The predicted molar refractivity (Wildman–Crippen MR) is 57.1 cm³/mol. The summed E-state index contributed by atoms with van der Waals surface area (Å²) in [4.78, 5) is 11.0. The summed E-state index contributed by atoms with van der Waals surface area (Å²) in [6.45, 7) is 2.45. The number of rotatable bonds is 4. The van der Waals surface area contributed by atoms with Gasteiger partial charge in [-0.15, -0.1) is 0 Å². The van der Waals surface area contributed by atoms with Crippen molar-refractivity contribution in [2.75, 3.05) is 11.9 Å². The van der Waals surface area contributed by atoms with Crippen molar-refractivity contribution in [1.29, 1.82) is 0 Å². The number of carbonyl (C=O) groups is 1. The maximum Gasteiger partial charge on any atom is 0.250 e. The standard InChI is InChI=1S/C10H15N3O/c1-7(6-11)13-9-5-3-2-4-8(9)10(12)14/h2-5,7,13H,6,11H2,1H3,(H2,12,14). The van der Waals surface area contributed by atoms with Crippen LogP contribution in [0, 0.1) is 0 Å². The van der Waals surface area contributed by atoms with Gasteiger partial charge in [-0.3, -0.25) is 4.79 Å². The first-order chi connectivity index (χ1) is 6.65. The zero-order valence-electron chi connectivity index (χ0n) is 8.16. The molecule has 1 unspecified atom stereocenters. The quantitative estimate of drug-likeness (QED) is 0.653. The number of hydrogen-bond donors (Lipinski definition) is 3. The first-order valence-corrected chi connectivity index (χ1v) is 4.50. The molecule has 0 fully saturated rings. The Kier molecular flexibility index (Phi) is 3.48. The van der Waals surface area contributed by atoms with Gasteiger partial charge < -0.3 is 16.8 Å². The Labute approximate surface area is 83.3 Å². The van der Waals surface area contributed by atoms with Crippen molar-refractivity contribution in [3.63, 3.8) is 0 Å². The first-order valence-electron chi connectivity index (χ1n) is 4.50. The molecule has 0 aliphatic rings. The third kappa shape index (κ3) is 2.47. The van der Waals surface area contributed by atoms with Crippen molar-refractivity contribution in [1.82, 2.24) is 0 Å². The van der Waals surface area contributed by atoms with Gasteiger partial charge in [-0.1, -0.05) is 12.1 Å². The van der Waals surface area contributed by atoms with Gasteiger partial charge in [0.1, 0.15) is 0 Å². The van der Waals surface area contributed by atoms with Gasteiger partial charge in [-0.05, 0) is 19.1 Å². The van der Waals surface area contributed by atoms with Gasteiger partial charge in [0.15, 0.2) is 0 Å². The van der Waals surface area contributed by atoms with Crippen LogP contribution < -0.4 is 16.8 Å². The number of primary amides is 1. The molecule has 1 aromatic carbocycles. The van der Waals surface area contributed by atoms with Crippen LogP contribution >= 0.6 is 0 Å². The fourth-order valence-corrected chi connectivity index (χ4v) is 1.15. The van der Waals surface area contributed by atoms with Crippen LogP contribution in [0.1, 0.15) is 17.3 Å². The van der Waals surface area contributed by atoms with Gasteiger partial charge in [0.05, 0.1) is 5.56 Å². The lowest BCUT2D eigenvalue weighted by atomic mass is 10.1. The van der Waals surface area contributed by atoms with Gasteiger partial charge in [0, 0.05) is 18.3 Å². The molecule has 0 aromatic heterocycles. The Balaban J connectivity index is 2.90. The van der Waals surface area contributed by atoms with Crippen LogP contribution in [-0.2, 0) is 0 Å². The molecule has 5 N–H and O–H groups in total. The summed E-state index contributed by atoms with van der Waals surface area (Å²) in [5, 5.41) is 3.12. The molecule has 0 saturated heterocycles. The smallest absolute Gasteiger partial charge is 0.250 e. The summed E-state index contributed by atoms with van der Waals surface area (Å²) < 4.78 is 0. The van der Waals surface area contributed by atoms with Crippen LogP contribution in [0.4, 0.5) is 5.69 Å². The van der Waals surface area contributed by atoms with Gasteiger partial charge in [0.25, 0.3) is 5.91 Å². The van der Waals surface area contributed by atoms with E-state index in [0.717, 1.165) is 5.69 Å². The second-order valence-electron chi connectivity index (χ2n) is 3.19. The minimum absolute atomic E-state index is 0.121. The molecule has 4 nitrogen and oxygen atoms in total. The lowest BCUT2D eigenvalue weighted by Crippen LogP contribution is -2.26. The van der Waals surface area contributed by atoms with Crippen LogP contribution in [0.25, 0.3) is 0 Å². The van der Waals surface area contributed by atoms with Crippen LogP contribution in [0.3, 0.4) is 0 Å². The molecular formula is C10H15N3O. The lowest BCUT2D eigenvalue weighted by Gasteiger charge is -2.14. The largest absolute Gasteiger partial charge is 0.381 e. The van der Waals surface area contributed by atoms with Crippen LogP contribution in [0.15, 0.2) is 24.3 Å². The van der Waals surface area contributed by atoms with Crippen LogP contribution in [0.5, 0.6) is 0 Å². The Morgan fingerprint density at radius 2 is 2.14 bits per heavy atom. The third-order valence-corrected chi connectivity index (χ3v) is 1.95. The van der Waals surface area contributed by atoms with E-state index in [2.05, 4.69) is 5.32 Å². The first kappa shape index (κ1) is 10.5. The summed E-state index contributed by atoms with van der Waals surface area (Å²) in [7, 11) is 0. The zero-order valence-corrected chi connectivity index (χ0v) is 8.16. The van der Waals surface area contributed by atoms with Crippen molar-refractivity contribution in [3.8, 4) is 0 Å². The van der Waals surface area contributed by atoms with E-state index in [0.29, 0.717) is 12.1 Å². The Bertz CT molecular complexity index is 325. The maximum absolute atomic E-state index is 11.0. The van der Waals surface area contributed by atoms with Gasteiger partial charge in [0.2, 0.25) is 0 Å². The zero-order chi connectivity index (χ0) is 10.6. The second kappa shape index (κ2) is 4.62. The predicted octanol–water partition coefficient (Wildman–Crippen LogP) is 0.545. The van der Waals surface area contributed by atoms with Crippen molar-refractivity contribution >= 4 is 11.6 Å². The molecule has 1 rings (SSSR count). The van der Waals surface area contributed by atoms with E-state index in [1.807, 2.05) is 19.1 Å². The number of anilines is 1. The minimum Gasteiger partial charge on any atom is -0.381 e. The number of hydrogen-bond acceptors (Lipinski definition) is 3. The van der Waals surface area contributed by atoms with Crippen molar-refractivity contribution in [3.05, 3.63) is 29.8 Å². The van der Waals surface area contributed by atoms with Crippen LogP contribution in [0.2, 0.25) is 0 Å². The fourth-order valence-electron chi connectivity index (χ4n) is 1.15. The maximum atomic E-state index is 11.0. The number of carbonyl (C=O) groups excluding carboxylic acids is 1. The molecule has 1 amide bonds. The third-order valence-electron chi connectivity index (χ3n) is 1.95.